The molecule has 5 nitrogen and oxygen atoms in total. The predicted molar refractivity (Wildman–Crippen MR) is 41.7 cm³/mol. The highest BCUT2D eigenvalue weighted by Crippen LogP contribution is 2.22. The minimum Gasteiger partial charge on any atom is -0.476 e. The number of alkyl halides is 3. The Morgan fingerprint density at radius 2 is 2.12 bits per heavy atom. The molecule has 90 valence electrons. The zero-order valence-corrected chi connectivity index (χ0v) is 7.88. The fourth-order valence-electron chi connectivity index (χ4n) is 0.948. The van der Waals surface area contributed by atoms with Crippen LogP contribution in [0.4, 0.5) is 17.6 Å². The Morgan fingerprint density at radius 3 is 2.50 bits per heavy atom. The van der Waals surface area contributed by atoms with Crippen LogP contribution in [0.5, 0.6) is 5.88 Å². The second-order valence-electron chi connectivity index (χ2n) is 2.80. The first-order valence-electron chi connectivity index (χ1n) is 3.87. The summed E-state index contributed by atoms with van der Waals surface area (Å²) in [6, 6.07) is 0. The normalized spacial score (nSPS) is 11.6. The van der Waals surface area contributed by atoms with Crippen molar-refractivity contribution < 1.29 is 32.2 Å². The number of nitrogens with zero attached hydrogens (tertiary/aromatic N) is 2. The number of carbonyl (C=O) groups is 1. The van der Waals surface area contributed by atoms with E-state index in [0.717, 1.165) is 7.05 Å². The van der Waals surface area contributed by atoms with Crippen molar-refractivity contribution in [2.45, 2.75) is 6.18 Å². The Bertz CT molecular complexity index is 412. The lowest BCUT2D eigenvalue weighted by atomic mass is 10.4. The van der Waals surface area contributed by atoms with Gasteiger partial charge in [-0.05, 0) is 0 Å². The molecule has 0 bridgehead atoms. The second kappa shape index (κ2) is 3.99. The Morgan fingerprint density at radius 1 is 1.56 bits per heavy atom. The molecule has 0 radical (unpaired) electrons. The molecule has 9 heteroatoms. The van der Waals surface area contributed by atoms with E-state index >= 15 is 0 Å². The van der Waals surface area contributed by atoms with E-state index < -0.39 is 36.1 Å². The van der Waals surface area contributed by atoms with Crippen molar-refractivity contribution in [2.24, 2.45) is 7.05 Å². The maximum absolute atomic E-state index is 13.2. The van der Waals surface area contributed by atoms with Crippen LogP contribution >= 0.6 is 0 Å². The third-order valence-electron chi connectivity index (χ3n) is 1.54. The maximum atomic E-state index is 13.2. The van der Waals surface area contributed by atoms with Crippen molar-refractivity contribution in [3.05, 3.63) is 11.5 Å². The van der Waals surface area contributed by atoms with Crippen molar-refractivity contribution in [2.75, 3.05) is 6.61 Å². The molecule has 1 aromatic rings. The number of ether oxygens (including phenoxy) is 1. The highest BCUT2D eigenvalue weighted by atomic mass is 19.4. The molecule has 1 N–H and O–H groups in total. The van der Waals surface area contributed by atoms with Crippen LogP contribution in [-0.4, -0.2) is 33.6 Å². The summed E-state index contributed by atoms with van der Waals surface area (Å²) in [6.07, 6.45) is -4.65. The zero-order valence-electron chi connectivity index (χ0n) is 7.88. The van der Waals surface area contributed by atoms with Gasteiger partial charge in [0.15, 0.2) is 12.3 Å². The van der Waals surface area contributed by atoms with Crippen molar-refractivity contribution in [1.82, 2.24) is 9.78 Å². The van der Waals surface area contributed by atoms with E-state index in [4.69, 9.17) is 5.11 Å². The zero-order chi connectivity index (χ0) is 12.5. The van der Waals surface area contributed by atoms with E-state index in [1.54, 1.807) is 0 Å². The van der Waals surface area contributed by atoms with Gasteiger partial charge < -0.3 is 9.84 Å². The molecule has 0 aliphatic carbocycles. The molecule has 0 fully saturated rings. The molecule has 0 amide bonds. The van der Waals surface area contributed by atoms with Crippen LogP contribution in [0.3, 0.4) is 0 Å². The number of hydrogen-bond donors (Lipinski definition) is 1. The average Bonchev–Trinajstić information content (AvgIpc) is 2.36. The van der Waals surface area contributed by atoms with E-state index in [0.29, 0.717) is 4.68 Å². The molecule has 1 heterocycles. The molecule has 0 unspecified atom stereocenters. The minimum atomic E-state index is -4.65. The lowest BCUT2D eigenvalue weighted by Gasteiger charge is -2.05. The van der Waals surface area contributed by atoms with Crippen LogP contribution in [0.2, 0.25) is 0 Å². The molecule has 0 atom stereocenters. The van der Waals surface area contributed by atoms with Crippen LogP contribution in [0.25, 0.3) is 0 Å². The summed E-state index contributed by atoms with van der Waals surface area (Å²) in [5, 5.41) is 11.7. The highest BCUT2D eigenvalue weighted by molar-refractivity contribution is 5.86. The van der Waals surface area contributed by atoms with E-state index in [1.165, 1.54) is 0 Å². The fourth-order valence-corrected chi connectivity index (χ4v) is 0.948. The summed E-state index contributed by atoms with van der Waals surface area (Å²) in [5.74, 6) is -4.06. The number of halogens is 4. The van der Waals surface area contributed by atoms with Gasteiger partial charge in [0.05, 0.1) is 0 Å². The standard InChI is InChI=1S/C7H6F4N2O3/c1-13-4(6(14)15)3(8)5(12-13)16-2-7(9,10)11/h2H2,1H3,(H,14,15). The number of aromatic carboxylic acids is 1. The Balaban J connectivity index is 2.91. The lowest BCUT2D eigenvalue weighted by molar-refractivity contribution is -0.154. The van der Waals surface area contributed by atoms with Gasteiger partial charge in [-0.15, -0.1) is 5.10 Å². The van der Waals surface area contributed by atoms with Gasteiger partial charge in [0.2, 0.25) is 5.82 Å². The Hall–Kier alpha value is -1.80. The molecule has 0 saturated heterocycles. The first-order valence-corrected chi connectivity index (χ1v) is 3.87. The molecular formula is C7H6F4N2O3. The summed E-state index contributed by atoms with van der Waals surface area (Å²) < 4.78 is 53.0. The third-order valence-corrected chi connectivity index (χ3v) is 1.54. The first kappa shape index (κ1) is 12.3. The molecule has 16 heavy (non-hydrogen) atoms. The van der Waals surface area contributed by atoms with E-state index in [2.05, 4.69) is 9.84 Å². The maximum Gasteiger partial charge on any atom is 0.422 e. The quantitative estimate of drug-likeness (QED) is 0.809. The molecule has 0 aliphatic rings. The van der Waals surface area contributed by atoms with E-state index in [1.807, 2.05) is 0 Å². The molecule has 0 aliphatic heterocycles. The van der Waals surface area contributed by atoms with Gasteiger partial charge in [-0.3, -0.25) is 4.68 Å². The Kier molecular flexibility index (Phi) is 3.06. The van der Waals surface area contributed by atoms with Gasteiger partial charge in [-0.25, -0.2) is 4.79 Å². The SMILES string of the molecule is Cn1nc(OCC(F)(F)F)c(F)c1C(=O)O. The van der Waals surface area contributed by atoms with Gasteiger partial charge >= 0.3 is 12.1 Å². The first-order chi connectivity index (χ1) is 7.22. The number of aryl methyl sites for hydroxylation is 1. The summed E-state index contributed by atoms with van der Waals surface area (Å²) in [4.78, 5) is 10.5. The highest BCUT2D eigenvalue weighted by Gasteiger charge is 2.31. The second-order valence-corrected chi connectivity index (χ2v) is 2.80. The summed E-state index contributed by atoms with van der Waals surface area (Å²) in [5.41, 5.74) is -0.864. The van der Waals surface area contributed by atoms with Crippen LogP contribution in [0, 0.1) is 5.82 Å². The van der Waals surface area contributed by atoms with Gasteiger partial charge in [-0.1, -0.05) is 0 Å². The largest absolute Gasteiger partial charge is 0.476 e. The van der Waals surface area contributed by atoms with Gasteiger partial charge in [0.1, 0.15) is 0 Å². The van der Waals surface area contributed by atoms with Crippen LogP contribution in [0.1, 0.15) is 10.5 Å². The number of carboxylic acids is 1. The number of carboxylic acid groups (broad SMARTS) is 1. The predicted octanol–water partition coefficient (Wildman–Crippen LogP) is 1.20. The topological polar surface area (TPSA) is 64.4 Å². The van der Waals surface area contributed by atoms with Crippen LogP contribution < -0.4 is 4.74 Å². The van der Waals surface area contributed by atoms with Gasteiger partial charge in [0, 0.05) is 7.05 Å². The molecule has 1 rings (SSSR count). The molecule has 0 spiro atoms. The smallest absolute Gasteiger partial charge is 0.422 e. The molecule has 1 aromatic heterocycles. The summed E-state index contributed by atoms with van der Waals surface area (Å²) in [7, 11) is 1.08. The number of rotatable bonds is 3. The van der Waals surface area contributed by atoms with Crippen molar-refractivity contribution in [1.29, 1.82) is 0 Å². The van der Waals surface area contributed by atoms with Crippen molar-refractivity contribution in [3.63, 3.8) is 0 Å². The van der Waals surface area contributed by atoms with Crippen molar-refractivity contribution in [3.8, 4) is 5.88 Å². The van der Waals surface area contributed by atoms with Gasteiger partial charge in [0.25, 0.3) is 5.88 Å². The summed E-state index contributed by atoms with van der Waals surface area (Å²) >= 11 is 0. The number of aromatic nitrogens is 2. The van der Waals surface area contributed by atoms with E-state index in [-0.39, 0.29) is 0 Å². The van der Waals surface area contributed by atoms with Gasteiger partial charge in [-0.2, -0.15) is 17.6 Å². The molecular weight excluding hydrogens is 236 g/mol. The van der Waals surface area contributed by atoms with Crippen molar-refractivity contribution >= 4 is 5.97 Å². The minimum absolute atomic E-state index is 0.587. The number of hydrogen-bond acceptors (Lipinski definition) is 3. The van der Waals surface area contributed by atoms with Crippen LogP contribution in [-0.2, 0) is 7.05 Å². The fraction of sp³-hybridized carbons (Fsp3) is 0.429. The van der Waals surface area contributed by atoms with Crippen LogP contribution in [0.15, 0.2) is 0 Å². The summed E-state index contributed by atoms with van der Waals surface area (Å²) in [6.45, 7) is -1.74. The molecule has 0 saturated carbocycles. The molecule has 0 aromatic carbocycles. The van der Waals surface area contributed by atoms with E-state index in [9.17, 15) is 22.4 Å². The third kappa shape index (κ3) is 2.61. The average molecular weight is 242 g/mol. The monoisotopic (exact) mass is 242 g/mol. The Labute approximate surface area is 86.2 Å². The lowest BCUT2D eigenvalue weighted by Crippen LogP contribution is -2.19.